The first-order valence-corrected chi connectivity index (χ1v) is 6.55. The maximum Gasteiger partial charge on any atom is 0.253 e. The third-order valence-corrected chi connectivity index (χ3v) is 2.91. The van der Waals surface area contributed by atoms with Crippen LogP contribution in [0.3, 0.4) is 0 Å². The number of para-hydroxylation sites is 1. The summed E-state index contributed by atoms with van der Waals surface area (Å²) in [5.74, 6) is -0.0308. The van der Waals surface area contributed by atoms with Gasteiger partial charge in [0.2, 0.25) is 0 Å². The SMILES string of the molecule is CNc1ccccc1C(=O)NCC(C)(C)CN(C)C. The van der Waals surface area contributed by atoms with Crippen molar-refractivity contribution in [3.05, 3.63) is 29.8 Å². The van der Waals surface area contributed by atoms with E-state index in [1.807, 2.05) is 45.4 Å². The summed E-state index contributed by atoms with van der Waals surface area (Å²) in [5, 5.41) is 6.05. The number of carbonyl (C=O) groups is 1. The summed E-state index contributed by atoms with van der Waals surface area (Å²) < 4.78 is 0. The molecule has 4 heteroatoms. The highest BCUT2D eigenvalue weighted by atomic mass is 16.1. The molecule has 19 heavy (non-hydrogen) atoms. The molecule has 0 aliphatic heterocycles. The molecular weight excluding hydrogens is 238 g/mol. The van der Waals surface area contributed by atoms with Gasteiger partial charge in [-0.2, -0.15) is 0 Å². The number of amides is 1. The normalized spacial score (nSPS) is 11.5. The van der Waals surface area contributed by atoms with Crippen molar-refractivity contribution in [2.45, 2.75) is 13.8 Å². The number of carbonyl (C=O) groups excluding carboxylic acids is 1. The van der Waals surface area contributed by atoms with E-state index in [2.05, 4.69) is 29.4 Å². The average molecular weight is 263 g/mol. The van der Waals surface area contributed by atoms with Gasteiger partial charge in [0.1, 0.15) is 0 Å². The number of hydrogen-bond acceptors (Lipinski definition) is 3. The third kappa shape index (κ3) is 4.91. The van der Waals surface area contributed by atoms with Crippen LogP contribution in [0.5, 0.6) is 0 Å². The van der Waals surface area contributed by atoms with Crippen molar-refractivity contribution >= 4 is 11.6 Å². The summed E-state index contributed by atoms with van der Waals surface area (Å²) >= 11 is 0. The van der Waals surface area contributed by atoms with E-state index < -0.39 is 0 Å². The molecule has 0 saturated carbocycles. The fraction of sp³-hybridized carbons (Fsp3) is 0.533. The Hall–Kier alpha value is -1.55. The van der Waals surface area contributed by atoms with E-state index in [1.54, 1.807) is 0 Å². The van der Waals surface area contributed by atoms with Gasteiger partial charge in [-0.25, -0.2) is 0 Å². The molecule has 0 heterocycles. The molecule has 0 aliphatic carbocycles. The molecular formula is C15H25N3O. The second-order valence-corrected chi connectivity index (χ2v) is 5.88. The highest BCUT2D eigenvalue weighted by Crippen LogP contribution is 2.17. The lowest BCUT2D eigenvalue weighted by Gasteiger charge is -2.28. The summed E-state index contributed by atoms with van der Waals surface area (Å²) in [7, 11) is 5.90. The van der Waals surface area contributed by atoms with E-state index in [-0.39, 0.29) is 11.3 Å². The molecule has 0 bridgehead atoms. The lowest BCUT2D eigenvalue weighted by atomic mass is 9.93. The van der Waals surface area contributed by atoms with Gasteiger partial charge in [0.05, 0.1) is 5.56 Å². The molecule has 0 saturated heterocycles. The zero-order valence-electron chi connectivity index (χ0n) is 12.6. The van der Waals surface area contributed by atoms with E-state index in [1.165, 1.54) is 0 Å². The second kappa shape index (κ2) is 6.57. The Kier molecular flexibility index (Phi) is 5.36. The number of rotatable bonds is 6. The predicted octanol–water partition coefficient (Wildman–Crippen LogP) is 2.05. The molecule has 0 fully saturated rings. The highest BCUT2D eigenvalue weighted by Gasteiger charge is 2.20. The van der Waals surface area contributed by atoms with Gasteiger partial charge in [0.15, 0.2) is 0 Å². The minimum atomic E-state index is -0.0308. The molecule has 0 atom stereocenters. The van der Waals surface area contributed by atoms with Crippen LogP contribution in [0.15, 0.2) is 24.3 Å². The van der Waals surface area contributed by atoms with Gasteiger partial charge in [-0.15, -0.1) is 0 Å². The van der Waals surface area contributed by atoms with Crippen molar-refractivity contribution in [2.24, 2.45) is 5.41 Å². The van der Waals surface area contributed by atoms with Gasteiger partial charge in [-0.1, -0.05) is 26.0 Å². The quantitative estimate of drug-likeness (QED) is 0.825. The number of anilines is 1. The van der Waals surface area contributed by atoms with Crippen molar-refractivity contribution in [1.82, 2.24) is 10.2 Å². The molecule has 0 aliphatic rings. The minimum absolute atomic E-state index is 0.0308. The molecule has 1 amide bonds. The van der Waals surface area contributed by atoms with Crippen LogP contribution in [-0.4, -0.2) is 45.0 Å². The highest BCUT2D eigenvalue weighted by molar-refractivity contribution is 5.99. The lowest BCUT2D eigenvalue weighted by Crippen LogP contribution is -2.40. The van der Waals surface area contributed by atoms with Crippen molar-refractivity contribution < 1.29 is 4.79 Å². The standard InChI is InChI=1S/C15H25N3O/c1-15(2,11-18(4)5)10-17-14(19)12-8-6-7-9-13(12)16-3/h6-9,16H,10-11H2,1-5H3,(H,17,19). The van der Waals surface area contributed by atoms with Crippen LogP contribution < -0.4 is 10.6 Å². The van der Waals surface area contributed by atoms with Crippen molar-refractivity contribution in [1.29, 1.82) is 0 Å². The van der Waals surface area contributed by atoms with Gasteiger partial charge in [-0.3, -0.25) is 4.79 Å². The largest absolute Gasteiger partial charge is 0.387 e. The zero-order valence-corrected chi connectivity index (χ0v) is 12.6. The monoisotopic (exact) mass is 263 g/mol. The Morgan fingerprint density at radius 1 is 1.26 bits per heavy atom. The van der Waals surface area contributed by atoms with Crippen LogP contribution in [0.2, 0.25) is 0 Å². The molecule has 1 aromatic carbocycles. The smallest absolute Gasteiger partial charge is 0.253 e. The fourth-order valence-electron chi connectivity index (χ4n) is 2.23. The minimum Gasteiger partial charge on any atom is -0.387 e. The first-order valence-electron chi connectivity index (χ1n) is 6.55. The number of nitrogens with zero attached hydrogens (tertiary/aromatic N) is 1. The van der Waals surface area contributed by atoms with Crippen molar-refractivity contribution in [3.63, 3.8) is 0 Å². The second-order valence-electron chi connectivity index (χ2n) is 5.88. The van der Waals surface area contributed by atoms with Crippen molar-refractivity contribution in [3.8, 4) is 0 Å². The van der Waals surface area contributed by atoms with Crippen LogP contribution >= 0.6 is 0 Å². The van der Waals surface area contributed by atoms with E-state index >= 15 is 0 Å². The number of benzene rings is 1. The van der Waals surface area contributed by atoms with Crippen molar-refractivity contribution in [2.75, 3.05) is 39.5 Å². The lowest BCUT2D eigenvalue weighted by molar-refractivity contribution is 0.0930. The molecule has 2 N–H and O–H groups in total. The van der Waals surface area contributed by atoms with Crippen LogP contribution in [0.4, 0.5) is 5.69 Å². The topological polar surface area (TPSA) is 44.4 Å². The Bertz CT molecular complexity index is 427. The average Bonchev–Trinajstić information content (AvgIpc) is 2.34. The fourth-order valence-corrected chi connectivity index (χ4v) is 2.23. The van der Waals surface area contributed by atoms with Crippen LogP contribution in [0, 0.1) is 5.41 Å². The summed E-state index contributed by atoms with van der Waals surface area (Å²) in [5.41, 5.74) is 1.59. The molecule has 0 spiro atoms. The summed E-state index contributed by atoms with van der Waals surface area (Å²) in [6, 6.07) is 7.53. The Labute approximate surface area is 116 Å². The van der Waals surface area contributed by atoms with E-state index in [4.69, 9.17) is 0 Å². The molecule has 106 valence electrons. The van der Waals surface area contributed by atoms with E-state index in [9.17, 15) is 4.79 Å². The molecule has 1 aromatic rings. The number of hydrogen-bond donors (Lipinski definition) is 2. The van der Waals surface area contributed by atoms with Crippen LogP contribution in [0.1, 0.15) is 24.2 Å². The van der Waals surface area contributed by atoms with E-state index in [0.717, 1.165) is 12.2 Å². The maximum atomic E-state index is 12.2. The molecule has 0 unspecified atom stereocenters. The predicted molar refractivity (Wildman–Crippen MR) is 80.7 cm³/mol. The third-order valence-electron chi connectivity index (χ3n) is 2.91. The van der Waals surface area contributed by atoms with Crippen LogP contribution in [-0.2, 0) is 0 Å². The summed E-state index contributed by atoms with van der Waals surface area (Å²) in [6.07, 6.45) is 0. The maximum absolute atomic E-state index is 12.2. The van der Waals surface area contributed by atoms with Gasteiger partial charge in [0, 0.05) is 25.8 Å². The Balaban J connectivity index is 2.65. The Morgan fingerprint density at radius 2 is 1.89 bits per heavy atom. The molecule has 1 rings (SSSR count). The first kappa shape index (κ1) is 15.5. The summed E-state index contributed by atoms with van der Waals surface area (Å²) in [4.78, 5) is 14.3. The van der Waals surface area contributed by atoms with Crippen LogP contribution in [0.25, 0.3) is 0 Å². The number of nitrogens with one attached hydrogen (secondary N) is 2. The van der Waals surface area contributed by atoms with Gasteiger partial charge >= 0.3 is 0 Å². The van der Waals surface area contributed by atoms with E-state index in [0.29, 0.717) is 12.1 Å². The first-order chi connectivity index (χ1) is 8.85. The van der Waals surface area contributed by atoms with Gasteiger partial charge < -0.3 is 15.5 Å². The molecule has 0 radical (unpaired) electrons. The molecule has 4 nitrogen and oxygen atoms in total. The van der Waals surface area contributed by atoms with Gasteiger partial charge in [-0.05, 0) is 31.6 Å². The Morgan fingerprint density at radius 3 is 2.47 bits per heavy atom. The zero-order chi connectivity index (χ0) is 14.5. The molecule has 0 aromatic heterocycles. The summed E-state index contributed by atoms with van der Waals surface area (Å²) in [6.45, 7) is 5.89. The van der Waals surface area contributed by atoms with Gasteiger partial charge in [0.25, 0.3) is 5.91 Å².